The van der Waals surface area contributed by atoms with E-state index in [9.17, 15) is 14.7 Å². The second kappa shape index (κ2) is 11.7. The van der Waals surface area contributed by atoms with Crippen LogP contribution in [0, 0.1) is 0 Å². The number of nitrogens with zero attached hydrogens (tertiary/aromatic N) is 2. The summed E-state index contributed by atoms with van der Waals surface area (Å²) in [6.45, 7) is 7.67. The first-order valence-corrected chi connectivity index (χ1v) is 12.5. The van der Waals surface area contributed by atoms with Crippen LogP contribution in [0.1, 0.15) is 17.2 Å². The number of ketones is 1. The molecule has 0 aromatic heterocycles. The number of benzene rings is 2. The molecule has 9 heteroatoms. The van der Waals surface area contributed by atoms with E-state index >= 15 is 0 Å². The van der Waals surface area contributed by atoms with Gasteiger partial charge in [-0.2, -0.15) is 0 Å². The number of rotatable bonds is 9. The average molecular weight is 557 g/mol. The Hall–Kier alpha value is -3.14. The van der Waals surface area contributed by atoms with Gasteiger partial charge in [0.05, 0.1) is 31.9 Å². The second-order valence-electron chi connectivity index (χ2n) is 8.46. The molecule has 0 radical (unpaired) electrons. The predicted octanol–water partition coefficient (Wildman–Crippen LogP) is 3.78. The van der Waals surface area contributed by atoms with Gasteiger partial charge < -0.3 is 24.2 Å². The van der Waals surface area contributed by atoms with E-state index in [1.165, 1.54) is 12.0 Å². The molecular weight excluding hydrogens is 528 g/mol. The first kappa shape index (κ1) is 25.9. The number of amides is 1. The Morgan fingerprint density at radius 1 is 1.14 bits per heavy atom. The quantitative estimate of drug-likeness (QED) is 0.217. The molecule has 2 heterocycles. The molecule has 190 valence electrons. The molecule has 0 aliphatic carbocycles. The summed E-state index contributed by atoms with van der Waals surface area (Å²) in [7, 11) is 1.52. The van der Waals surface area contributed by atoms with Crippen molar-refractivity contribution in [3.63, 3.8) is 0 Å². The Kier molecular flexibility index (Phi) is 8.45. The van der Waals surface area contributed by atoms with Gasteiger partial charge >= 0.3 is 0 Å². The molecule has 36 heavy (non-hydrogen) atoms. The Morgan fingerprint density at radius 2 is 1.86 bits per heavy atom. The van der Waals surface area contributed by atoms with Crippen molar-refractivity contribution in [2.45, 2.75) is 6.04 Å². The zero-order chi connectivity index (χ0) is 25.7. The van der Waals surface area contributed by atoms with Crippen LogP contribution in [0.15, 0.2) is 65.2 Å². The number of aliphatic hydroxyl groups is 1. The molecule has 2 saturated heterocycles. The molecule has 8 nitrogen and oxygen atoms in total. The van der Waals surface area contributed by atoms with Gasteiger partial charge in [-0.15, -0.1) is 0 Å². The van der Waals surface area contributed by atoms with Crippen LogP contribution in [0.3, 0.4) is 0 Å². The van der Waals surface area contributed by atoms with Gasteiger partial charge in [-0.05, 0) is 29.8 Å². The molecule has 0 bridgehead atoms. The van der Waals surface area contributed by atoms with E-state index in [1.54, 1.807) is 48.5 Å². The molecule has 2 aliphatic rings. The van der Waals surface area contributed by atoms with Crippen LogP contribution in [-0.2, 0) is 14.3 Å². The van der Waals surface area contributed by atoms with Gasteiger partial charge in [0.2, 0.25) is 0 Å². The Balaban J connectivity index is 1.76. The predicted molar refractivity (Wildman–Crippen MR) is 139 cm³/mol. The standard InChI is InChI=1S/C27H29BrN2O6/c1-3-14-36-21-9-6-19(17-22(21)34-2)24-23(25(31)18-4-7-20(28)8-5-18)26(32)27(33)30(24)11-10-29-12-15-35-16-13-29/h3-9,17,24,31H,1,10-16H2,2H3. The number of Topliss-reactive ketones (excluding diaryl/α,β-unsaturated/α-hetero) is 1. The maximum absolute atomic E-state index is 13.3. The number of carbonyl (C=O) groups is 2. The van der Waals surface area contributed by atoms with Crippen LogP contribution < -0.4 is 9.47 Å². The number of likely N-dealkylation sites (tertiary alicyclic amines) is 1. The fourth-order valence-corrected chi connectivity index (χ4v) is 4.68. The normalized spacial score (nSPS) is 19.9. The fraction of sp³-hybridized carbons (Fsp3) is 0.333. The number of morpholine rings is 1. The van der Waals surface area contributed by atoms with Gasteiger partial charge in [0.1, 0.15) is 12.4 Å². The van der Waals surface area contributed by atoms with Crippen LogP contribution in [0.25, 0.3) is 5.76 Å². The van der Waals surface area contributed by atoms with Gasteiger partial charge in [0.15, 0.2) is 11.5 Å². The lowest BCUT2D eigenvalue weighted by molar-refractivity contribution is -0.140. The van der Waals surface area contributed by atoms with Crippen molar-refractivity contribution in [2.75, 3.05) is 53.1 Å². The third-order valence-corrected chi connectivity index (χ3v) is 6.81. The summed E-state index contributed by atoms with van der Waals surface area (Å²) in [5.41, 5.74) is 1.14. The van der Waals surface area contributed by atoms with Gasteiger partial charge in [-0.3, -0.25) is 14.5 Å². The molecule has 1 unspecified atom stereocenters. The van der Waals surface area contributed by atoms with Gasteiger partial charge in [-0.25, -0.2) is 0 Å². The summed E-state index contributed by atoms with van der Waals surface area (Å²) < 4.78 is 17.5. The van der Waals surface area contributed by atoms with Crippen molar-refractivity contribution in [2.24, 2.45) is 0 Å². The minimum absolute atomic E-state index is 0.0473. The van der Waals surface area contributed by atoms with Crippen LogP contribution in [0.4, 0.5) is 0 Å². The van der Waals surface area contributed by atoms with Crippen molar-refractivity contribution in [1.82, 2.24) is 9.80 Å². The number of halogens is 1. The smallest absolute Gasteiger partial charge is 0.295 e. The molecule has 4 rings (SSSR count). The Labute approximate surface area is 218 Å². The third kappa shape index (κ3) is 5.48. The molecule has 0 spiro atoms. The highest BCUT2D eigenvalue weighted by Crippen LogP contribution is 2.42. The minimum atomic E-state index is -0.781. The van der Waals surface area contributed by atoms with E-state index in [-0.39, 0.29) is 11.3 Å². The first-order chi connectivity index (χ1) is 17.4. The van der Waals surface area contributed by atoms with Gasteiger partial charge in [0, 0.05) is 36.2 Å². The highest BCUT2D eigenvalue weighted by Gasteiger charge is 2.46. The number of aliphatic hydroxyl groups excluding tert-OH is 1. The van der Waals surface area contributed by atoms with E-state index < -0.39 is 17.7 Å². The summed E-state index contributed by atoms with van der Waals surface area (Å²) in [6.07, 6.45) is 1.63. The van der Waals surface area contributed by atoms with Crippen molar-refractivity contribution >= 4 is 33.4 Å². The molecular formula is C27H29BrN2O6. The number of ether oxygens (including phenoxy) is 3. The van der Waals surface area contributed by atoms with E-state index in [2.05, 4.69) is 27.4 Å². The molecule has 1 N–H and O–H groups in total. The maximum atomic E-state index is 13.3. The number of hydrogen-bond donors (Lipinski definition) is 1. The molecule has 2 aliphatic heterocycles. The van der Waals surface area contributed by atoms with Crippen molar-refractivity contribution in [3.05, 3.63) is 76.3 Å². The fourth-order valence-electron chi connectivity index (χ4n) is 4.42. The van der Waals surface area contributed by atoms with Crippen LogP contribution in [-0.4, -0.2) is 79.7 Å². The molecule has 2 aromatic carbocycles. The Morgan fingerprint density at radius 3 is 2.53 bits per heavy atom. The van der Waals surface area contributed by atoms with E-state index in [4.69, 9.17) is 14.2 Å². The monoisotopic (exact) mass is 556 g/mol. The molecule has 1 atom stereocenters. The third-order valence-electron chi connectivity index (χ3n) is 6.28. The maximum Gasteiger partial charge on any atom is 0.295 e. The lowest BCUT2D eigenvalue weighted by Crippen LogP contribution is -2.42. The lowest BCUT2D eigenvalue weighted by Gasteiger charge is -2.31. The molecule has 0 saturated carbocycles. The van der Waals surface area contributed by atoms with Crippen molar-refractivity contribution < 1.29 is 28.9 Å². The average Bonchev–Trinajstić information content (AvgIpc) is 3.16. The zero-order valence-corrected chi connectivity index (χ0v) is 21.7. The lowest BCUT2D eigenvalue weighted by atomic mass is 9.95. The highest BCUT2D eigenvalue weighted by atomic mass is 79.9. The SMILES string of the molecule is C=CCOc1ccc(C2C(=C(O)c3ccc(Br)cc3)C(=O)C(=O)N2CCN2CCOCC2)cc1OC. The number of carbonyl (C=O) groups excluding carboxylic acids is 2. The zero-order valence-electron chi connectivity index (χ0n) is 20.1. The van der Waals surface area contributed by atoms with Gasteiger partial charge in [0.25, 0.3) is 11.7 Å². The summed E-state index contributed by atoms with van der Waals surface area (Å²) in [5.74, 6) is -0.604. The van der Waals surface area contributed by atoms with Crippen LogP contribution in [0.5, 0.6) is 11.5 Å². The number of hydrogen-bond acceptors (Lipinski definition) is 7. The second-order valence-corrected chi connectivity index (χ2v) is 9.38. The molecule has 2 aromatic rings. The molecule has 2 fully saturated rings. The Bertz CT molecular complexity index is 1160. The summed E-state index contributed by atoms with van der Waals surface area (Å²) in [4.78, 5) is 30.2. The van der Waals surface area contributed by atoms with Crippen molar-refractivity contribution in [1.29, 1.82) is 0 Å². The first-order valence-electron chi connectivity index (χ1n) is 11.7. The topological polar surface area (TPSA) is 88.5 Å². The van der Waals surface area contributed by atoms with E-state index in [1.807, 2.05) is 0 Å². The summed E-state index contributed by atoms with van der Waals surface area (Å²) in [5, 5.41) is 11.2. The summed E-state index contributed by atoms with van der Waals surface area (Å²) >= 11 is 3.38. The molecule has 1 amide bonds. The highest BCUT2D eigenvalue weighted by molar-refractivity contribution is 9.10. The van der Waals surface area contributed by atoms with E-state index in [0.29, 0.717) is 55.5 Å². The largest absolute Gasteiger partial charge is 0.507 e. The number of methoxy groups -OCH3 is 1. The van der Waals surface area contributed by atoms with Crippen molar-refractivity contribution in [3.8, 4) is 11.5 Å². The summed E-state index contributed by atoms with van der Waals surface area (Å²) in [6, 6.07) is 11.4. The van der Waals surface area contributed by atoms with Crippen LogP contribution >= 0.6 is 15.9 Å². The minimum Gasteiger partial charge on any atom is -0.507 e. The van der Waals surface area contributed by atoms with Gasteiger partial charge in [-0.1, -0.05) is 46.8 Å². The van der Waals surface area contributed by atoms with Crippen LogP contribution in [0.2, 0.25) is 0 Å². The van der Waals surface area contributed by atoms with E-state index in [0.717, 1.165) is 17.6 Å².